The molecule has 1 fully saturated rings. The Kier molecular flexibility index (Phi) is 21.9. The zero-order valence-electron chi connectivity index (χ0n) is 40.4. The van der Waals surface area contributed by atoms with Crippen molar-refractivity contribution in [3.8, 4) is 5.75 Å². The zero-order valence-corrected chi connectivity index (χ0v) is 42.0. The normalized spacial score (nSPS) is 22.5. The van der Waals surface area contributed by atoms with E-state index in [1.54, 1.807) is 54.7 Å². The summed E-state index contributed by atoms with van der Waals surface area (Å²) >= 11 is 0. The number of carbonyl (C=O) groups excluding carboxylic acids is 8. The summed E-state index contributed by atoms with van der Waals surface area (Å²) < 4.78 is 0. The van der Waals surface area contributed by atoms with Crippen LogP contribution in [0, 0.1) is 0 Å². The Balaban J connectivity index is 1.57. The highest BCUT2D eigenvalue weighted by molar-refractivity contribution is 8.76. The summed E-state index contributed by atoms with van der Waals surface area (Å²) in [5.74, 6) is -7.74. The Hall–Kier alpha value is -6.70. The first-order chi connectivity index (χ1) is 34.8. The molecule has 8 amide bonds. The Morgan fingerprint density at radius 1 is 0.726 bits per heavy atom. The van der Waals surface area contributed by atoms with Gasteiger partial charge in [-0.2, -0.15) is 0 Å². The Bertz CT molecular complexity index is 2530. The van der Waals surface area contributed by atoms with Gasteiger partial charge in [0.05, 0.1) is 18.2 Å². The lowest BCUT2D eigenvalue weighted by atomic mass is 10.0. The van der Waals surface area contributed by atoms with Crippen LogP contribution < -0.4 is 54.4 Å². The number of aromatic amines is 1. The fourth-order valence-corrected chi connectivity index (χ4v) is 10.2. The molecule has 3 aromatic carbocycles. The maximum Gasteiger partial charge on any atom is 0.245 e. The topological polar surface area (TPSA) is 375 Å². The smallest absolute Gasteiger partial charge is 0.245 e. The quantitative estimate of drug-likeness (QED) is 0.0418. The third-order valence-electron chi connectivity index (χ3n) is 11.9. The summed E-state index contributed by atoms with van der Waals surface area (Å²) in [6, 6.07) is 10.5. The van der Waals surface area contributed by atoms with Crippen molar-refractivity contribution in [3.05, 3.63) is 102 Å². The standard InChI is InChI=1S/C49H65N11O11S2/c1-26(61)40(42(52)64)59-48(70)39-25-73-72-24-38(57-43(65)33(51)20-29-15-17-31(63)18-16-29)47(69)55-36(21-28-10-4-3-5-11-28)45(67)56-37(22-30-23-53-34-13-7-6-12-32(30)34)46(68)54-35(14-8-9-19-50)44(66)60-41(27(2)62)49(71)58-39/h3-7,10-13,15-18,23,26-27,33,35-41,53,61-63H,8-9,14,19-22,24-25,50-51H2,1-2H3,(H2,52,64)(H,54,68)(H,55,69)(H,56,67)(H,57,65)(H,58,71)(H,59,70)(H,60,66)/t26-,27-,33-,35+,36+,37+,38-,39+,40+,41+/m1/s1. The molecule has 73 heavy (non-hydrogen) atoms. The van der Waals surface area contributed by atoms with Crippen molar-refractivity contribution in [2.75, 3.05) is 18.1 Å². The van der Waals surface area contributed by atoms with Crippen molar-refractivity contribution in [3.63, 3.8) is 0 Å². The second-order valence-corrected chi connectivity index (χ2v) is 20.3. The number of nitrogens with one attached hydrogen (secondary N) is 8. The van der Waals surface area contributed by atoms with E-state index in [1.807, 2.05) is 18.2 Å². The molecule has 0 bridgehead atoms. The predicted molar refractivity (Wildman–Crippen MR) is 276 cm³/mol. The third-order valence-corrected chi connectivity index (χ3v) is 14.3. The van der Waals surface area contributed by atoms with Gasteiger partial charge >= 0.3 is 0 Å². The summed E-state index contributed by atoms with van der Waals surface area (Å²) in [6.07, 6.45) is -0.766. The van der Waals surface area contributed by atoms with Gasteiger partial charge in [0.25, 0.3) is 0 Å². The van der Waals surface area contributed by atoms with Crippen molar-refractivity contribution in [2.24, 2.45) is 17.2 Å². The molecule has 0 radical (unpaired) electrons. The van der Waals surface area contributed by atoms with Crippen LogP contribution in [-0.2, 0) is 57.6 Å². The number of hydrogen-bond donors (Lipinski definition) is 14. The summed E-state index contributed by atoms with van der Waals surface area (Å²) in [5, 5.41) is 50.0. The first kappa shape index (κ1) is 57.2. The second kappa shape index (κ2) is 27.9. The first-order valence-electron chi connectivity index (χ1n) is 23.7. The van der Waals surface area contributed by atoms with Crippen LogP contribution in [0.1, 0.15) is 49.8 Å². The van der Waals surface area contributed by atoms with Crippen molar-refractivity contribution in [2.45, 2.75) is 113 Å². The predicted octanol–water partition coefficient (Wildman–Crippen LogP) is -1.61. The SMILES string of the molecule is C[C@@H](O)[C@H](NC(=O)[C@@H]1CSSC[C@@H](NC(=O)[C@H](N)Cc2ccc(O)cc2)C(=O)N[C@@H](Cc2ccccc2)C(=O)N[C@@H](Cc2c[nH]c3ccccc23)C(=O)N[C@@H](CCCCN)C(=O)N[C@@H]([C@@H](C)O)C(=O)N1)C(N)=O. The molecule has 0 aliphatic carbocycles. The van der Waals surface area contributed by atoms with E-state index in [1.165, 1.54) is 26.0 Å². The molecular weight excluding hydrogens is 983 g/mol. The summed E-state index contributed by atoms with van der Waals surface area (Å²) in [5.41, 5.74) is 20.2. The Labute approximate surface area is 429 Å². The van der Waals surface area contributed by atoms with E-state index in [9.17, 15) is 53.7 Å². The van der Waals surface area contributed by atoms with Gasteiger partial charge in [-0.1, -0.05) is 82.3 Å². The van der Waals surface area contributed by atoms with Gasteiger partial charge in [0.15, 0.2) is 0 Å². The molecule has 0 saturated carbocycles. The molecule has 394 valence electrons. The van der Waals surface area contributed by atoms with Gasteiger partial charge in [-0.15, -0.1) is 0 Å². The van der Waals surface area contributed by atoms with Crippen molar-refractivity contribution in [1.29, 1.82) is 0 Å². The Morgan fingerprint density at radius 2 is 1.34 bits per heavy atom. The number of hydrogen-bond acceptors (Lipinski definition) is 15. The maximum absolute atomic E-state index is 14.7. The Morgan fingerprint density at radius 3 is 2.00 bits per heavy atom. The highest BCUT2D eigenvalue weighted by Gasteiger charge is 2.37. The molecule has 0 unspecified atom stereocenters. The molecule has 1 aliphatic rings. The number of aliphatic hydroxyl groups is 2. The van der Waals surface area contributed by atoms with Crippen LogP contribution in [0.3, 0.4) is 0 Å². The minimum atomic E-state index is -1.72. The van der Waals surface area contributed by atoms with Crippen LogP contribution in [0.25, 0.3) is 10.9 Å². The maximum atomic E-state index is 14.7. The fourth-order valence-electron chi connectivity index (χ4n) is 7.83. The van der Waals surface area contributed by atoms with Crippen LogP contribution >= 0.6 is 21.6 Å². The monoisotopic (exact) mass is 1050 g/mol. The number of aliphatic hydroxyl groups excluding tert-OH is 2. The number of para-hydroxylation sites is 1. The number of benzene rings is 3. The van der Waals surface area contributed by atoms with Crippen molar-refractivity contribution in [1.82, 2.24) is 42.2 Å². The van der Waals surface area contributed by atoms with Gasteiger partial charge in [0.2, 0.25) is 47.3 Å². The van der Waals surface area contributed by atoms with Crippen LogP contribution in [0.15, 0.2) is 85.1 Å². The number of primary amides is 1. The number of carbonyl (C=O) groups is 8. The first-order valence-corrected chi connectivity index (χ1v) is 26.2. The number of phenolic OH excluding ortho intramolecular Hbond substituents is 1. The highest BCUT2D eigenvalue weighted by atomic mass is 33.1. The molecule has 10 atom stereocenters. The lowest BCUT2D eigenvalue weighted by molar-refractivity contribution is -0.137. The largest absolute Gasteiger partial charge is 0.508 e. The van der Waals surface area contributed by atoms with E-state index in [0.717, 1.165) is 32.5 Å². The number of H-pyrrole nitrogens is 1. The molecule has 5 rings (SSSR count). The summed E-state index contributed by atoms with van der Waals surface area (Å²) in [6.45, 7) is 2.68. The second-order valence-electron chi connectivity index (χ2n) is 17.7. The van der Waals surface area contributed by atoms with Gasteiger partial charge in [-0.25, -0.2) is 0 Å². The van der Waals surface area contributed by atoms with Crippen LogP contribution in [0.2, 0.25) is 0 Å². The van der Waals surface area contributed by atoms with Crippen LogP contribution in [0.4, 0.5) is 0 Å². The van der Waals surface area contributed by atoms with E-state index >= 15 is 0 Å². The molecule has 2 heterocycles. The zero-order chi connectivity index (χ0) is 53.2. The molecule has 1 aromatic heterocycles. The average Bonchev–Trinajstić information content (AvgIpc) is 3.77. The van der Waals surface area contributed by atoms with Gasteiger partial charge < -0.3 is 74.7 Å². The molecule has 17 N–H and O–H groups in total. The van der Waals surface area contributed by atoms with Crippen LogP contribution in [0.5, 0.6) is 5.75 Å². The van der Waals surface area contributed by atoms with Gasteiger partial charge in [-0.3, -0.25) is 38.4 Å². The highest BCUT2D eigenvalue weighted by Crippen LogP contribution is 2.24. The number of phenols is 1. The van der Waals surface area contributed by atoms with Gasteiger partial charge in [0, 0.05) is 41.4 Å². The van der Waals surface area contributed by atoms with Crippen LogP contribution in [-0.4, -0.2) is 146 Å². The van der Waals surface area contributed by atoms with Crippen molar-refractivity contribution < 1.29 is 53.7 Å². The minimum Gasteiger partial charge on any atom is -0.508 e. The van der Waals surface area contributed by atoms with Gasteiger partial charge in [-0.05, 0) is 81.0 Å². The van der Waals surface area contributed by atoms with E-state index < -0.39 is 108 Å². The number of aromatic hydroxyl groups is 1. The van der Waals surface area contributed by atoms with E-state index in [4.69, 9.17) is 17.2 Å². The molecular formula is C49H65N11O11S2. The fraction of sp³-hybridized carbons (Fsp3) is 0.429. The average molecular weight is 1050 g/mol. The molecule has 1 aliphatic heterocycles. The molecule has 4 aromatic rings. The van der Waals surface area contributed by atoms with E-state index in [2.05, 4.69) is 42.2 Å². The van der Waals surface area contributed by atoms with Crippen molar-refractivity contribution >= 4 is 79.7 Å². The van der Waals surface area contributed by atoms with E-state index in [-0.39, 0.29) is 49.5 Å². The molecule has 0 spiro atoms. The lowest BCUT2D eigenvalue weighted by Gasteiger charge is -2.29. The number of nitrogens with two attached hydrogens (primary N) is 3. The lowest BCUT2D eigenvalue weighted by Crippen LogP contribution is -2.62. The molecule has 24 heteroatoms. The summed E-state index contributed by atoms with van der Waals surface area (Å²) in [4.78, 5) is 115. The van der Waals surface area contributed by atoms with E-state index in [0.29, 0.717) is 29.5 Å². The van der Waals surface area contributed by atoms with Gasteiger partial charge in [0.1, 0.15) is 48.0 Å². The third kappa shape index (κ3) is 17.2. The number of aromatic nitrogens is 1. The summed E-state index contributed by atoms with van der Waals surface area (Å²) in [7, 11) is 1.92. The number of fused-ring (bicyclic) bond motifs is 1. The molecule has 1 saturated heterocycles. The number of rotatable bonds is 17. The molecule has 22 nitrogen and oxygen atoms in total. The number of unbranched alkanes of at least 4 members (excludes halogenated alkanes) is 1. The number of amides is 8. The minimum absolute atomic E-state index is 0.00180.